The van der Waals surface area contributed by atoms with Crippen molar-refractivity contribution >= 4 is 28.8 Å². The van der Waals surface area contributed by atoms with Crippen LogP contribution in [0.1, 0.15) is 16.9 Å². The fourth-order valence-electron chi connectivity index (χ4n) is 2.64. The van der Waals surface area contributed by atoms with Crippen molar-refractivity contribution in [2.45, 2.75) is 26.4 Å². The molecule has 2 aromatic rings. The van der Waals surface area contributed by atoms with Crippen molar-refractivity contribution in [1.29, 1.82) is 5.26 Å². The van der Waals surface area contributed by atoms with E-state index in [1.165, 1.54) is 4.88 Å². The number of hydrogen-bond donors (Lipinski definition) is 0. The monoisotopic (exact) mass is 319 g/mol. The first kappa shape index (κ1) is 14.1. The number of nitriles is 1. The number of anilines is 1. The summed E-state index contributed by atoms with van der Waals surface area (Å²) in [7, 11) is 0. The van der Waals surface area contributed by atoms with Gasteiger partial charge in [0.2, 0.25) is 11.0 Å². The molecule has 5 nitrogen and oxygen atoms in total. The van der Waals surface area contributed by atoms with Crippen LogP contribution in [0, 0.1) is 18.4 Å². The van der Waals surface area contributed by atoms with Gasteiger partial charge in [-0.15, -0.1) is 4.99 Å². The Balaban J connectivity index is 1.96. The van der Waals surface area contributed by atoms with Crippen molar-refractivity contribution in [2.24, 2.45) is 4.99 Å². The zero-order valence-corrected chi connectivity index (χ0v) is 13.2. The van der Waals surface area contributed by atoms with Crippen molar-refractivity contribution < 1.29 is 0 Å². The molecule has 2 aromatic heterocycles. The molecule has 0 aromatic carbocycles. The molecule has 0 saturated carbocycles. The van der Waals surface area contributed by atoms with Gasteiger partial charge in [-0.2, -0.15) is 5.26 Å². The molecule has 0 atom stereocenters. The van der Waals surface area contributed by atoms with Gasteiger partial charge in [-0.3, -0.25) is 0 Å². The van der Waals surface area contributed by atoms with E-state index in [4.69, 9.17) is 16.9 Å². The second-order valence-corrected chi connectivity index (χ2v) is 6.46. The molecule has 108 valence electrons. The van der Waals surface area contributed by atoms with Gasteiger partial charge in [0.1, 0.15) is 11.0 Å². The Morgan fingerprint density at radius 3 is 3.05 bits per heavy atom. The van der Waals surface area contributed by atoms with E-state index in [2.05, 4.69) is 26.4 Å². The minimum atomic E-state index is 0.509. The fourth-order valence-corrected chi connectivity index (χ4v) is 3.73. The van der Waals surface area contributed by atoms with Gasteiger partial charge in [0, 0.05) is 30.7 Å². The SMILES string of the molecule is Cc1sc(=NC#N)n2c1N(Cc1ccc(Cl)nc1)CCC2. The standard InChI is InChI=1S/C14H14ClN5S/c1-10-13-19(8-11-3-4-12(15)17-7-11)5-2-6-20(13)14(21-10)18-9-16/h3-4,7H,2,5-6,8H2,1H3. The van der Waals surface area contributed by atoms with Gasteiger partial charge in [-0.25, -0.2) is 4.98 Å². The van der Waals surface area contributed by atoms with Crippen LogP contribution in [0.3, 0.4) is 0 Å². The minimum Gasteiger partial charge on any atom is -0.353 e. The first-order valence-corrected chi connectivity index (χ1v) is 7.87. The summed E-state index contributed by atoms with van der Waals surface area (Å²) in [5, 5.41) is 9.31. The summed E-state index contributed by atoms with van der Waals surface area (Å²) in [6.45, 7) is 4.76. The van der Waals surface area contributed by atoms with E-state index in [1.807, 2.05) is 24.5 Å². The molecule has 1 aliphatic rings. The Hall–Kier alpha value is -1.84. The molecule has 0 spiro atoms. The molecular weight excluding hydrogens is 306 g/mol. The smallest absolute Gasteiger partial charge is 0.208 e. The highest BCUT2D eigenvalue weighted by molar-refractivity contribution is 7.09. The van der Waals surface area contributed by atoms with E-state index in [0.29, 0.717) is 5.15 Å². The van der Waals surface area contributed by atoms with Crippen LogP contribution in [0.5, 0.6) is 0 Å². The summed E-state index contributed by atoms with van der Waals surface area (Å²) in [5.74, 6) is 1.16. The Morgan fingerprint density at radius 2 is 2.33 bits per heavy atom. The van der Waals surface area contributed by atoms with Crippen LogP contribution >= 0.6 is 22.9 Å². The van der Waals surface area contributed by atoms with Gasteiger partial charge in [-0.1, -0.05) is 29.0 Å². The van der Waals surface area contributed by atoms with Crippen molar-refractivity contribution in [2.75, 3.05) is 11.4 Å². The van der Waals surface area contributed by atoms with E-state index in [0.717, 1.165) is 42.2 Å². The van der Waals surface area contributed by atoms with Gasteiger partial charge in [0.25, 0.3) is 0 Å². The van der Waals surface area contributed by atoms with Crippen LogP contribution in [0.25, 0.3) is 0 Å². The topological polar surface area (TPSA) is 57.2 Å². The third kappa shape index (κ3) is 2.80. The number of aromatic nitrogens is 2. The highest BCUT2D eigenvalue weighted by Crippen LogP contribution is 2.27. The summed E-state index contributed by atoms with van der Waals surface area (Å²) >= 11 is 7.40. The Labute approximate surface area is 131 Å². The largest absolute Gasteiger partial charge is 0.353 e. The predicted octanol–water partition coefficient (Wildman–Crippen LogP) is 2.70. The van der Waals surface area contributed by atoms with E-state index in [1.54, 1.807) is 11.3 Å². The molecule has 0 saturated heterocycles. The highest BCUT2D eigenvalue weighted by Gasteiger charge is 2.21. The minimum absolute atomic E-state index is 0.509. The van der Waals surface area contributed by atoms with Crippen LogP contribution in [0.4, 0.5) is 5.82 Å². The zero-order chi connectivity index (χ0) is 14.8. The molecule has 0 N–H and O–H groups in total. The molecule has 3 heterocycles. The van der Waals surface area contributed by atoms with Gasteiger partial charge in [0.15, 0.2) is 0 Å². The average molecular weight is 320 g/mol. The fraction of sp³-hybridized carbons (Fsp3) is 0.357. The average Bonchev–Trinajstić information content (AvgIpc) is 2.80. The third-order valence-electron chi connectivity index (χ3n) is 3.46. The second-order valence-electron chi connectivity index (χ2n) is 4.89. The third-order valence-corrected chi connectivity index (χ3v) is 4.67. The van der Waals surface area contributed by atoms with E-state index >= 15 is 0 Å². The van der Waals surface area contributed by atoms with Crippen molar-refractivity contribution in [3.63, 3.8) is 0 Å². The molecule has 0 radical (unpaired) electrons. The van der Waals surface area contributed by atoms with Crippen LogP contribution in [-0.4, -0.2) is 16.1 Å². The number of hydrogen-bond acceptors (Lipinski definition) is 5. The molecule has 0 aliphatic carbocycles. The summed E-state index contributed by atoms with van der Waals surface area (Å²) in [6.07, 6.45) is 4.74. The lowest BCUT2D eigenvalue weighted by atomic mass is 10.2. The number of pyridine rings is 1. The number of halogens is 1. The lowest BCUT2D eigenvalue weighted by Gasteiger charge is -2.30. The van der Waals surface area contributed by atoms with Crippen molar-refractivity contribution in [3.05, 3.63) is 38.7 Å². The van der Waals surface area contributed by atoms with Crippen LogP contribution in [0.15, 0.2) is 23.3 Å². The predicted molar refractivity (Wildman–Crippen MR) is 83.1 cm³/mol. The van der Waals surface area contributed by atoms with E-state index in [9.17, 15) is 0 Å². The summed E-state index contributed by atoms with van der Waals surface area (Å²) < 4.78 is 2.13. The van der Waals surface area contributed by atoms with Crippen molar-refractivity contribution in [1.82, 2.24) is 9.55 Å². The normalized spacial score (nSPS) is 14.9. The Morgan fingerprint density at radius 1 is 1.48 bits per heavy atom. The maximum Gasteiger partial charge on any atom is 0.208 e. The number of fused-ring (bicyclic) bond motifs is 1. The van der Waals surface area contributed by atoms with Crippen molar-refractivity contribution in [3.8, 4) is 6.19 Å². The van der Waals surface area contributed by atoms with E-state index in [-0.39, 0.29) is 0 Å². The number of nitrogens with zero attached hydrogens (tertiary/aromatic N) is 5. The molecule has 0 amide bonds. The first-order valence-electron chi connectivity index (χ1n) is 6.67. The zero-order valence-electron chi connectivity index (χ0n) is 11.6. The number of aryl methyl sites for hydroxylation is 1. The van der Waals surface area contributed by atoms with Crippen LogP contribution < -0.4 is 9.70 Å². The van der Waals surface area contributed by atoms with Gasteiger partial charge < -0.3 is 9.47 Å². The van der Waals surface area contributed by atoms with Crippen LogP contribution in [-0.2, 0) is 13.1 Å². The van der Waals surface area contributed by atoms with Gasteiger partial charge >= 0.3 is 0 Å². The molecule has 0 bridgehead atoms. The molecule has 3 rings (SSSR count). The Kier molecular flexibility index (Phi) is 3.95. The molecule has 7 heteroatoms. The lowest BCUT2D eigenvalue weighted by molar-refractivity contribution is 0.548. The highest BCUT2D eigenvalue weighted by atomic mass is 35.5. The maximum atomic E-state index is 8.80. The molecular formula is C14H14ClN5S. The van der Waals surface area contributed by atoms with Crippen LogP contribution in [0.2, 0.25) is 5.15 Å². The summed E-state index contributed by atoms with van der Waals surface area (Å²) in [5.41, 5.74) is 1.12. The lowest BCUT2D eigenvalue weighted by Crippen LogP contribution is -2.34. The second kappa shape index (κ2) is 5.88. The number of rotatable bonds is 2. The molecule has 1 aliphatic heterocycles. The van der Waals surface area contributed by atoms with E-state index < -0.39 is 0 Å². The summed E-state index contributed by atoms with van der Waals surface area (Å²) in [4.78, 5) is 12.3. The summed E-state index contributed by atoms with van der Waals surface area (Å²) in [6, 6.07) is 3.81. The molecule has 0 fully saturated rings. The number of thiazole rings is 1. The Bertz CT molecular complexity index is 753. The first-order chi connectivity index (χ1) is 10.2. The van der Waals surface area contributed by atoms with Gasteiger partial charge in [0.05, 0.1) is 0 Å². The quantitative estimate of drug-likeness (QED) is 0.631. The maximum absolute atomic E-state index is 8.80. The molecule has 21 heavy (non-hydrogen) atoms. The van der Waals surface area contributed by atoms with Gasteiger partial charge in [-0.05, 0) is 25.0 Å². The molecule has 0 unspecified atom stereocenters.